The number of nitriles is 1. The highest BCUT2D eigenvalue weighted by atomic mass is 35.5. The number of hydrogen-bond donors (Lipinski definition) is 0. The number of benzene rings is 4. The summed E-state index contributed by atoms with van der Waals surface area (Å²) in [5.74, 6) is -0.116. The average molecular weight is 721 g/mol. The molecule has 1 aliphatic heterocycles. The Balaban J connectivity index is 1.38. The van der Waals surface area contributed by atoms with Crippen molar-refractivity contribution in [2.45, 2.75) is 36.0 Å². The summed E-state index contributed by atoms with van der Waals surface area (Å²) in [4.78, 5) is 31.7. The minimum Gasteiger partial charge on any atom is -0.497 e. The van der Waals surface area contributed by atoms with Crippen LogP contribution in [0.5, 0.6) is 5.75 Å². The molecule has 0 aromatic heterocycles. The van der Waals surface area contributed by atoms with Crippen molar-refractivity contribution in [2.24, 2.45) is 0 Å². The molecule has 1 saturated heterocycles. The molecule has 4 aromatic carbocycles. The first kappa shape index (κ1) is 36.3. The smallest absolute Gasteiger partial charge is 0.325 e. The van der Waals surface area contributed by atoms with Crippen LogP contribution in [0, 0.1) is 11.3 Å². The molecule has 2 unspecified atom stereocenters. The van der Waals surface area contributed by atoms with Crippen molar-refractivity contribution in [3.05, 3.63) is 105 Å². The number of halogens is 2. The maximum absolute atomic E-state index is 14.3. The number of nitrogens with zero attached hydrogens (tertiary/aromatic N) is 3. The van der Waals surface area contributed by atoms with E-state index >= 15 is 0 Å². The molecule has 1 heterocycles. The molecule has 49 heavy (non-hydrogen) atoms. The van der Waals surface area contributed by atoms with Crippen molar-refractivity contribution < 1.29 is 23.3 Å². The fourth-order valence-electron chi connectivity index (χ4n) is 6.59. The minimum absolute atomic E-state index is 0.192. The van der Waals surface area contributed by atoms with Crippen LogP contribution in [-0.2, 0) is 20.3 Å². The van der Waals surface area contributed by atoms with Gasteiger partial charge in [0.25, 0.3) is 5.91 Å². The van der Waals surface area contributed by atoms with Gasteiger partial charge in [-0.25, -0.2) is 0 Å². The fourth-order valence-corrected chi connectivity index (χ4v) is 7.75. The van der Waals surface area contributed by atoms with Gasteiger partial charge in [0.2, 0.25) is 0 Å². The Morgan fingerprint density at radius 3 is 2.45 bits per heavy atom. The van der Waals surface area contributed by atoms with Crippen molar-refractivity contribution in [2.75, 3.05) is 53.2 Å². The molecule has 0 spiro atoms. The van der Waals surface area contributed by atoms with Gasteiger partial charge in [-0.15, -0.1) is 0 Å². The lowest BCUT2D eigenvalue weighted by molar-refractivity contribution is -0.141. The number of hydrogen-bond acceptors (Lipinski definition) is 7. The van der Waals surface area contributed by atoms with E-state index in [9.17, 15) is 19.1 Å². The first-order valence-electron chi connectivity index (χ1n) is 16.1. The zero-order chi connectivity index (χ0) is 35.1. The predicted molar refractivity (Wildman–Crippen MR) is 194 cm³/mol. The lowest BCUT2D eigenvalue weighted by Crippen LogP contribution is -2.40. The normalized spacial score (nSPS) is 14.9. The van der Waals surface area contributed by atoms with Crippen LogP contribution in [0.4, 0.5) is 0 Å². The second-order valence-corrected chi connectivity index (χ2v) is 14.4. The van der Waals surface area contributed by atoms with E-state index in [1.807, 2.05) is 54.6 Å². The number of esters is 1. The number of carbonyl (C=O) groups is 2. The zero-order valence-electron chi connectivity index (χ0n) is 27.8. The Hall–Kier alpha value is -3.94. The lowest BCUT2D eigenvalue weighted by Gasteiger charge is -2.34. The van der Waals surface area contributed by atoms with E-state index < -0.39 is 16.8 Å². The van der Waals surface area contributed by atoms with Crippen molar-refractivity contribution in [1.29, 1.82) is 5.26 Å². The van der Waals surface area contributed by atoms with Gasteiger partial charge in [-0.2, -0.15) is 5.26 Å². The maximum atomic E-state index is 14.3. The maximum Gasteiger partial charge on any atom is 0.325 e. The van der Waals surface area contributed by atoms with Gasteiger partial charge in [-0.3, -0.25) is 13.8 Å². The van der Waals surface area contributed by atoms with E-state index in [0.717, 1.165) is 53.9 Å². The molecule has 11 heteroatoms. The minimum atomic E-state index is -1.13. The van der Waals surface area contributed by atoms with Crippen LogP contribution >= 0.6 is 23.2 Å². The third-order valence-corrected chi connectivity index (χ3v) is 11.0. The van der Waals surface area contributed by atoms with E-state index in [-0.39, 0.29) is 24.9 Å². The molecule has 1 aliphatic rings. The first-order valence-corrected chi connectivity index (χ1v) is 18.4. The quantitative estimate of drug-likeness (QED) is 0.140. The summed E-state index contributed by atoms with van der Waals surface area (Å²) < 4.78 is 22.9. The largest absolute Gasteiger partial charge is 0.497 e. The molecular formula is C38H39Cl2N3O5S. The molecule has 8 nitrogen and oxygen atoms in total. The van der Waals surface area contributed by atoms with Gasteiger partial charge in [0.05, 0.1) is 46.7 Å². The molecule has 0 aliphatic carbocycles. The highest BCUT2D eigenvalue weighted by Crippen LogP contribution is 2.35. The van der Waals surface area contributed by atoms with Gasteiger partial charge in [0.1, 0.15) is 12.3 Å². The molecule has 2 atom stereocenters. The molecule has 0 radical (unpaired) electrons. The van der Waals surface area contributed by atoms with Crippen LogP contribution in [0.25, 0.3) is 10.8 Å². The molecule has 4 aromatic rings. The van der Waals surface area contributed by atoms with Crippen LogP contribution in [-0.4, -0.2) is 79.1 Å². The van der Waals surface area contributed by atoms with Crippen LogP contribution < -0.4 is 4.74 Å². The Labute approximate surface area is 300 Å². The third-order valence-electron chi connectivity index (χ3n) is 9.26. The zero-order valence-corrected chi connectivity index (χ0v) is 30.1. The summed E-state index contributed by atoms with van der Waals surface area (Å²) in [6, 6.07) is 24.2. The summed E-state index contributed by atoms with van der Waals surface area (Å²) in [7, 11) is 1.78. The summed E-state index contributed by atoms with van der Waals surface area (Å²) in [5, 5.41) is 12.0. The number of ether oxygens (including phenoxy) is 2. The van der Waals surface area contributed by atoms with Gasteiger partial charge in [0.15, 0.2) is 0 Å². The van der Waals surface area contributed by atoms with E-state index in [1.165, 1.54) is 12.0 Å². The highest BCUT2D eigenvalue weighted by molar-refractivity contribution is 7.84. The van der Waals surface area contributed by atoms with Gasteiger partial charge in [0, 0.05) is 29.2 Å². The SMILES string of the molecule is COC(=O)CN(CC(CCN1CCC(c2ccc(OC)cc2S(C)=O)CC1)c1ccc(Cl)c(Cl)c1)C(=O)c1cc(C#N)cc2ccccc12. The molecule has 1 amide bonds. The van der Waals surface area contributed by atoms with Gasteiger partial charge < -0.3 is 19.3 Å². The fraction of sp³-hybridized carbons (Fsp3) is 0.342. The number of fused-ring (bicyclic) bond motifs is 1. The number of methoxy groups -OCH3 is 2. The summed E-state index contributed by atoms with van der Waals surface area (Å²) >= 11 is 12.8. The molecular weight excluding hydrogens is 681 g/mol. The van der Waals surface area contributed by atoms with Crippen molar-refractivity contribution >= 4 is 56.7 Å². The third kappa shape index (κ3) is 8.81. The van der Waals surface area contributed by atoms with Crippen LogP contribution in [0.1, 0.15) is 58.1 Å². The van der Waals surface area contributed by atoms with Gasteiger partial charge in [-0.05, 0) is 103 Å². The summed E-state index contributed by atoms with van der Waals surface area (Å²) in [5.41, 5.74) is 2.71. The Bertz CT molecular complexity index is 1900. The van der Waals surface area contributed by atoms with E-state index in [4.69, 9.17) is 32.7 Å². The Morgan fingerprint density at radius 2 is 1.78 bits per heavy atom. The number of piperidine rings is 1. The Kier molecular flexibility index (Phi) is 12.3. The number of carbonyl (C=O) groups excluding carboxylic acids is 2. The molecule has 0 N–H and O–H groups in total. The topological polar surface area (TPSA) is 99.9 Å². The summed E-state index contributed by atoms with van der Waals surface area (Å²) in [6.45, 7) is 2.42. The van der Waals surface area contributed by atoms with Crippen LogP contribution in [0.3, 0.4) is 0 Å². The van der Waals surface area contributed by atoms with Crippen LogP contribution in [0.15, 0.2) is 77.7 Å². The second kappa shape index (κ2) is 16.6. The second-order valence-electron chi connectivity index (χ2n) is 12.3. The highest BCUT2D eigenvalue weighted by Gasteiger charge is 2.28. The lowest BCUT2D eigenvalue weighted by atomic mass is 9.88. The van der Waals surface area contributed by atoms with E-state index in [0.29, 0.717) is 44.6 Å². The van der Waals surface area contributed by atoms with Gasteiger partial charge in [-0.1, -0.05) is 59.6 Å². The Morgan fingerprint density at radius 1 is 1.02 bits per heavy atom. The molecule has 0 saturated carbocycles. The first-order chi connectivity index (χ1) is 23.6. The van der Waals surface area contributed by atoms with Crippen molar-refractivity contribution in [1.82, 2.24) is 9.80 Å². The molecule has 5 rings (SSSR count). The van der Waals surface area contributed by atoms with Crippen molar-refractivity contribution in [3.63, 3.8) is 0 Å². The average Bonchev–Trinajstić information content (AvgIpc) is 3.13. The van der Waals surface area contributed by atoms with Crippen LogP contribution in [0.2, 0.25) is 10.0 Å². The molecule has 256 valence electrons. The number of rotatable bonds is 12. The molecule has 0 bridgehead atoms. The van der Waals surface area contributed by atoms with E-state index in [2.05, 4.69) is 11.0 Å². The monoisotopic (exact) mass is 719 g/mol. The molecule has 1 fully saturated rings. The predicted octanol–water partition coefficient (Wildman–Crippen LogP) is 7.43. The number of likely N-dealkylation sites (tertiary alicyclic amines) is 1. The van der Waals surface area contributed by atoms with Crippen molar-refractivity contribution in [3.8, 4) is 11.8 Å². The summed E-state index contributed by atoms with van der Waals surface area (Å²) in [6.07, 6.45) is 4.22. The number of amides is 1. The van der Waals surface area contributed by atoms with E-state index in [1.54, 1.807) is 31.6 Å². The van der Waals surface area contributed by atoms with Gasteiger partial charge >= 0.3 is 5.97 Å². The standard InChI is InChI=1S/C38H39Cl2N3O5S/c1-47-30-9-10-32(36(21-30)49(3)46)26-12-15-42(16-13-26)17-14-29(27-8-11-34(39)35(40)20-27)23-43(24-37(44)48-2)38(45)33-19-25(22-41)18-28-6-4-5-7-31(28)33/h4-11,18-21,26,29H,12-17,23-24H2,1-3H3.